The van der Waals surface area contributed by atoms with E-state index < -0.39 is 32.5 Å². The summed E-state index contributed by atoms with van der Waals surface area (Å²) in [4.78, 5) is 0. The van der Waals surface area contributed by atoms with E-state index in [-0.39, 0.29) is 0 Å². The molecule has 0 amide bonds. The average Bonchev–Trinajstić information content (AvgIpc) is 2.01. The van der Waals surface area contributed by atoms with Crippen LogP contribution in [0.25, 0.3) is 0 Å². The molecule has 14 heavy (non-hydrogen) atoms. The standard InChI is InChI=1S/C8H9F2NO2S/c1-5(14(11,12)13)8-6(9)3-2-4-7(8)10/h2-5H,1H3,(H2,11,12,13). The molecule has 0 saturated carbocycles. The van der Waals surface area contributed by atoms with Crippen molar-refractivity contribution >= 4 is 10.0 Å². The summed E-state index contributed by atoms with van der Waals surface area (Å²) >= 11 is 0. The molecule has 6 heteroatoms. The van der Waals surface area contributed by atoms with Crippen LogP contribution in [0.3, 0.4) is 0 Å². The minimum absolute atomic E-state index is 0.519. The van der Waals surface area contributed by atoms with Gasteiger partial charge < -0.3 is 0 Å². The molecule has 3 nitrogen and oxygen atoms in total. The molecule has 0 aromatic heterocycles. The van der Waals surface area contributed by atoms with Gasteiger partial charge in [0.05, 0.1) is 0 Å². The maximum absolute atomic E-state index is 13.1. The molecule has 1 rings (SSSR count). The highest BCUT2D eigenvalue weighted by atomic mass is 32.2. The first-order valence-corrected chi connectivity index (χ1v) is 5.40. The van der Waals surface area contributed by atoms with Crippen LogP contribution in [0.15, 0.2) is 18.2 Å². The first-order chi connectivity index (χ1) is 6.34. The SMILES string of the molecule is CC(c1c(F)cccc1F)S(N)(=O)=O. The topological polar surface area (TPSA) is 60.2 Å². The van der Waals surface area contributed by atoms with Crippen molar-refractivity contribution in [3.05, 3.63) is 35.4 Å². The molecular formula is C8H9F2NO2S. The number of sulfonamides is 1. The lowest BCUT2D eigenvalue weighted by molar-refractivity contribution is 0.541. The van der Waals surface area contributed by atoms with Gasteiger partial charge in [0.2, 0.25) is 10.0 Å². The number of benzene rings is 1. The summed E-state index contributed by atoms with van der Waals surface area (Å²) in [6, 6.07) is 3.13. The maximum Gasteiger partial charge on any atom is 0.216 e. The number of rotatable bonds is 2. The third kappa shape index (κ3) is 2.08. The number of nitrogens with two attached hydrogens (primary N) is 1. The molecular weight excluding hydrogens is 212 g/mol. The van der Waals surface area contributed by atoms with Gasteiger partial charge in [-0.25, -0.2) is 22.3 Å². The van der Waals surface area contributed by atoms with E-state index in [9.17, 15) is 17.2 Å². The summed E-state index contributed by atoms with van der Waals surface area (Å²) in [5.41, 5.74) is -0.519. The minimum Gasteiger partial charge on any atom is -0.228 e. The lowest BCUT2D eigenvalue weighted by atomic mass is 10.1. The Kier molecular flexibility index (Phi) is 2.86. The van der Waals surface area contributed by atoms with Crippen LogP contribution in [-0.2, 0) is 10.0 Å². The molecule has 2 N–H and O–H groups in total. The number of hydrogen-bond acceptors (Lipinski definition) is 2. The second-order valence-electron chi connectivity index (χ2n) is 2.87. The van der Waals surface area contributed by atoms with Crippen LogP contribution >= 0.6 is 0 Å². The van der Waals surface area contributed by atoms with Crippen LogP contribution in [0.4, 0.5) is 8.78 Å². The van der Waals surface area contributed by atoms with Crippen molar-refractivity contribution in [1.29, 1.82) is 0 Å². The van der Waals surface area contributed by atoms with Gasteiger partial charge in [0.1, 0.15) is 16.9 Å². The fraction of sp³-hybridized carbons (Fsp3) is 0.250. The molecule has 0 aliphatic rings. The number of hydrogen-bond donors (Lipinski definition) is 1. The van der Waals surface area contributed by atoms with E-state index in [4.69, 9.17) is 5.14 Å². The van der Waals surface area contributed by atoms with E-state index in [1.54, 1.807) is 0 Å². The molecule has 0 heterocycles. The summed E-state index contributed by atoms with van der Waals surface area (Å²) in [6.45, 7) is 1.14. The molecule has 78 valence electrons. The second kappa shape index (κ2) is 3.62. The van der Waals surface area contributed by atoms with Crippen molar-refractivity contribution in [2.75, 3.05) is 0 Å². The third-order valence-corrected chi connectivity index (χ3v) is 3.12. The zero-order valence-electron chi connectivity index (χ0n) is 7.37. The highest BCUT2D eigenvalue weighted by Crippen LogP contribution is 2.24. The smallest absolute Gasteiger partial charge is 0.216 e. The van der Waals surface area contributed by atoms with Gasteiger partial charge >= 0.3 is 0 Å². The Hall–Kier alpha value is -1.01. The molecule has 0 bridgehead atoms. The Morgan fingerprint density at radius 2 is 1.71 bits per heavy atom. The van der Waals surface area contributed by atoms with E-state index >= 15 is 0 Å². The predicted octanol–water partition coefficient (Wildman–Crippen LogP) is 1.31. The molecule has 0 aliphatic heterocycles. The third-order valence-electron chi connectivity index (χ3n) is 1.90. The molecule has 0 spiro atoms. The Labute approximate surface area is 80.6 Å². The quantitative estimate of drug-likeness (QED) is 0.818. The summed E-state index contributed by atoms with van der Waals surface area (Å²) in [5.74, 6) is -1.82. The molecule has 1 atom stereocenters. The van der Waals surface area contributed by atoms with Crippen molar-refractivity contribution in [2.24, 2.45) is 5.14 Å². The van der Waals surface area contributed by atoms with Gasteiger partial charge in [-0.3, -0.25) is 0 Å². The fourth-order valence-electron chi connectivity index (χ4n) is 1.06. The van der Waals surface area contributed by atoms with Crippen LogP contribution in [0, 0.1) is 11.6 Å². The van der Waals surface area contributed by atoms with Crippen molar-refractivity contribution in [3.8, 4) is 0 Å². The lowest BCUT2D eigenvalue weighted by Gasteiger charge is -2.10. The van der Waals surface area contributed by atoms with Crippen LogP contribution < -0.4 is 5.14 Å². The molecule has 0 aliphatic carbocycles. The summed E-state index contributed by atoms with van der Waals surface area (Å²) in [7, 11) is -3.98. The zero-order valence-corrected chi connectivity index (χ0v) is 8.18. The fourth-order valence-corrected chi connectivity index (χ4v) is 1.62. The van der Waals surface area contributed by atoms with E-state index in [1.165, 1.54) is 0 Å². The van der Waals surface area contributed by atoms with Crippen molar-refractivity contribution in [1.82, 2.24) is 0 Å². The van der Waals surface area contributed by atoms with Crippen LogP contribution in [0.5, 0.6) is 0 Å². The van der Waals surface area contributed by atoms with E-state index in [1.807, 2.05) is 0 Å². The van der Waals surface area contributed by atoms with Crippen LogP contribution in [0.2, 0.25) is 0 Å². The lowest BCUT2D eigenvalue weighted by Crippen LogP contribution is -2.21. The monoisotopic (exact) mass is 221 g/mol. The minimum atomic E-state index is -3.98. The number of primary sulfonamides is 1. The number of halogens is 2. The first-order valence-electron chi connectivity index (χ1n) is 3.79. The summed E-state index contributed by atoms with van der Waals surface area (Å²) in [5, 5.41) is 3.40. The zero-order chi connectivity index (χ0) is 10.9. The first kappa shape index (κ1) is 11.1. The van der Waals surface area contributed by atoms with Crippen molar-refractivity contribution in [3.63, 3.8) is 0 Å². The molecule has 0 saturated heterocycles. The Balaban J connectivity index is 3.33. The van der Waals surface area contributed by atoms with Crippen molar-refractivity contribution in [2.45, 2.75) is 12.2 Å². The van der Waals surface area contributed by atoms with Gasteiger partial charge in [0.15, 0.2) is 0 Å². The van der Waals surface area contributed by atoms with E-state index in [0.29, 0.717) is 0 Å². The highest BCUT2D eigenvalue weighted by molar-refractivity contribution is 7.89. The van der Waals surface area contributed by atoms with Gasteiger partial charge in [0.25, 0.3) is 0 Å². The normalized spacial score (nSPS) is 14.0. The van der Waals surface area contributed by atoms with Crippen LogP contribution in [0.1, 0.15) is 17.7 Å². The van der Waals surface area contributed by atoms with Gasteiger partial charge in [-0.05, 0) is 19.1 Å². The average molecular weight is 221 g/mol. The molecule has 1 aromatic rings. The van der Waals surface area contributed by atoms with Gasteiger partial charge in [0, 0.05) is 5.56 Å². The predicted molar refractivity (Wildman–Crippen MR) is 47.9 cm³/mol. The summed E-state index contributed by atoms with van der Waals surface area (Å²) in [6.07, 6.45) is 0. The van der Waals surface area contributed by atoms with Gasteiger partial charge in [-0.2, -0.15) is 0 Å². The Bertz CT molecular complexity index is 424. The largest absolute Gasteiger partial charge is 0.228 e. The molecule has 0 fully saturated rings. The maximum atomic E-state index is 13.1. The summed E-state index contributed by atoms with van der Waals surface area (Å²) < 4.78 is 47.9. The molecule has 1 aromatic carbocycles. The van der Waals surface area contributed by atoms with E-state index in [2.05, 4.69) is 0 Å². The van der Waals surface area contributed by atoms with Gasteiger partial charge in [-0.15, -0.1) is 0 Å². The molecule has 1 unspecified atom stereocenters. The van der Waals surface area contributed by atoms with Crippen molar-refractivity contribution < 1.29 is 17.2 Å². The van der Waals surface area contributed by atoms with E-state index in [0.717, 1.165) is 25.1 Å². The second-order valence-corrected chi connectivity index (χ2v) is 4.75. The van der Waals surface area contributed by atoms with Gasteiger partial charge in [-0.1, -0.05) is 6.07 Å². The molecule has 0 radical (unpaired) electrons. The highest BCUT2D eigenvalue weighted by Gasteiger charge is 2.24. The van der Waals surface area contributed by atoms with Crippen LogP contribution in [-0.4, -0.2) is 8.42 Å². The Morgan fingerprint density at radius 1 is 1.29 bits per heavy atom. The Morgan fingerprint density at radius 3 is 2.07 bits per heavy atom.